The van der Waals surface area contributed by atoms with Crippen LogP contribution < -0.4 is 0 Å². The van der Waals surface area contributed by atoms with Gasteiger partial charge in [0.1, 0.15) is 5.69 Å². The van der Waals surface area contributed by atoms with E-state index in [2.05, 4.69) is 23.2 Å². The molecule has 0 N–H and O–H groups in total. The molecule has 1 aromatic heterocycles. The standard InChI is InChI=1S/C20H23N3O2S/c1-22(2)13-14-23-15-19(16-7-5-4-6-8-16)20(21-23)17-9-11-18(12-10-17)26(3,24)25/h4-12,15H,13-14H2,1-3H3. The summed E-state index contributed by atoms with van der Waals surface area (Å²) < 4.78 is 25.3. The Morgan fingerprint density at radius 3 is 2.19 bits per heavy atom. The van der Waals surface area contributed by atoms with Crippen molar-refractivity contribution in [1.29, 1.82) is 0 Å². The van der Waals surface area contributed by atoms with Crippen molar-refractivity contribution in [2.24, 2.45) is 0 Å². The van der Waals surface area contributed by atoms with Gasteiger partial charge in [0.2, 0.25) is 0 Å². The van der Waals surface area contributed by atoms with Gasteiger partial charge in [0.25, 0.3) is 0 Å². The first kappa shape index (κ1) is 18.4. The van der Waals surface area contributed by atoms with Gasteiger partial charge in [-0.3, -0.25) is 4.68 Å². The molecule has 0 unspecified atom stereocenters. The summed E-state index contributed by atoms with van der Waals surface area (Å²) in [5.41, 5.74) is 3.89. The lowest BCUT2D eigenvalue weighted by Gasteiger charge is -2.08. The van der Waals surface area contributed by atoms with E-state index in [-0.39, 0.29) is 0 Å². The normalized spacial score (nSPS) is 11.8. The highest BCUT2D eigenvalue weighted by atomic mass is 32.2. The van der Waals surface area contributed by atoms with Crippen molar-refractivity contribution < 1.29 is 8.42 Å². The second-order valence-electron chi connectivity index (χ2n) is 6.62. The molecule has 0 aliphatic heterocycles. The van der Waals surface area contributed by atoms with Gasteiger partial charge in [-0.15, -0.1) is 0 Å². The average Bonchev–Trinajstić information content (AvgIpc) is 3.04. The first-order valence-electron chi connectivity index (χ1n) is 8.43. The molecule has 0 saturated heterocycles. The minimum atomic E-state index is -3.21. The average molecular weight is 369 g/mol. The van der Waals surface area contributed by atoms with Gasteiger partial charge in [0.05, 0.1) is 11.4 Å². The Morgan fingerprint density at radius 2 is 1.62 bits per heavy atom. The van der Waals surface area contributed by atoms with Crippen molar-refractivity contribution in [2.75, 3.05) is 26.9 Å². The summed E-state index contributed by atoms with van der Waals surface area (Å²) in [7, 11) is 0.860. The first-order chi connectivity index (χ1) is 12.3. The molecule has 0 atom stereocenters. The van der Waals surface area contributed by atoms with Gasteiger partial charge < -0.3 is 4.90 Å². The SMILES string of the molecule is CN(C)CCn1cc(-c2ccccc2)c(-c2ccc(S(C)(=O)=O)cc2)n1. The second-order valence-corrected chi connectivity index (χ2v) is 8.64. The highest BCUT2D eigenvalue weighted by Crippen LogP contribution is 2.31. The zero-order chi connectivity index (χ0) is 18.7. The second kappa shape index (κ2) is 7.43. The van der Waals surface area contributed by atoms with Crippen LogP contribution in [0.25, 0.3) is 22.4 Å². The number of sulfone groups is 1. The summed E-state index contributed by atoms with van der Waals surface area (Å²) in [4.78, 5) is 2.43. The van der Waals surface area contributed by atoms with Crippen molar-refractivity contribution in [2.45, 2.75) is 11.4 Å². The Morgan fingerprint density at radius 1 is 0.962 bits per heavy atom. The Kier molecular flexibility index (Phi) is 5.25. The Labute approximate surface area is 154 Å². The molecule has 3 aromatic rings. The van der Waals surface area contributed by atoms with Gasteiger partial charge in [-0.1, -0.05) is 42.5 Å². The molecule has 0 saturated carbocycles. The van der Waals surface area contributed by atoms with Crippen LogP contribution in [0.3, 0.4) is 0 Å². The van der Waals surface area contributed by atoms with E-state index < -0.39 is 9.84 Å². The van der Waals surface area contributed by atoms with Gasteiger partial charge in [-0.25, -0.2) is 8.42 Å². The molecule has 26 heavy (non-hydrogen) atoms. The molecule has 5 nitrogen and oxygen atoms in total. The molecular formula is C20H23N3O2S. The zero-order valence-electron chi connectivity index (χ0n) is 15.3. The molecule has 136 valence electrons. The van der Waals surface area contributed by atoms with E-state index in [1.54, 1.807) is 12.1 Å². The van der Waals surface area contributed by atoms with E-state index in [1.807, 2.05) is 49.1 Å². The Bertz CT molecular complexity index is 976. The molecule has 0 bridgehead atoms. The van der Waals surface area contributed by atoms with Crippen LogP contribution in [0, 0.1) is 0 Å². The molecule has 0 aliphatic rings. The van der Waals surface area contributed by atoms with E-state index in [0.29, 0.717) is 4.90 Å². The van der Waals surface area contributed by atoms with E-state index in [1.165, 1.54) is 6.26 Å². The largest absolute Gasteiger partial charge is 0.308 e. The van der Waals surface area contributed by atoms with Crippen LogP contribution in [0.5, 0.6) is 0 Å². The maximum Gasteiger partial charge on any atom is 0.175 e. The lowest BCUT2D eigenvalue weighted by Crippen LogP contribution is -2.18. The summed E-state index contributed by atoms with van der Waals surface area (Å²) >= 11 is 0. The third-order valence-electron chi connectivity index (χ3n) is 4.18. The predicted molar refractivity (Wildman–Crippen MR) is 105 cm³/mol. The van der Waals surface area contributed by atoms with Crippen molar-refractivity contribution in [3.63, 3.8) is 0 Å². The van der Waals surface area contributed by atoms with Crippen molar-refractivity contribution in [3.8, 4) is 22.4 Å². The Hall–Kier alpha value is -2.44. The smallest absolute Gasteiger partial charge is 0.175 e. The fourth-order valence-electron chi connectivity index (χ4n) is 2.74. The summed E-state index contributed by atoms with van der Waals surface area (Å²) in [6.45, 7) is 1.68. The summed E-state index contributed by atoms with van der Waals surface area (Å²) in [5.74, 6) is 0. The molecule has 0 fully saturated rings. The van der Waals surface area contributed by atoms with Crippen LogP contribution in [0.2, 0.25) is 0 Å². The summed E-state index contributed by atoms with van der Waals surface area (Å²) in [6, 6.07) is 17.0. The van der Waals surface area contributed by atoms with Gasteiger partial charge >= 0.3 is 0 Å². The first-order valence-corrected chi connectivity index (χ1v) is 10.3. The van der Waals surface area contributed by atoms with Gasteiger partial charge in [0.15, 0.2) is 9.84 Å². The topological polar surface area (TPSA) is 55.2 Å². The maximum atomic E-state index is 11.7. The maximum absolute atomic E-state index is 11.7. The van der Waals surface area contributed by atoms with E-state index in [9.17, 15) is 8.42 Å². The van der Waals surface area contributed by atoms with Gasteiger partial charge in [0, 0.05) is 30.1 Å². The zero-order valence-corrected chi connectivity index (χ0v) is 16.1. The van der Waals surface area contributed by atoms with Crippen molar-refractivity contribution >= 4 is 9.84 Å². The van der Waals surface area contributed by atoms with E-state index >= 15 is 0 Å². The number of aromatic nitrogens is 2. The van der Waals surface area contributed by atoms with Gasteiger partial charge in [-0.2, -0.15) is 5.10 Å². The fraction of sp³-hybridized carbons (Fsp3) is 0.250. The highest BCUT2D eigenvalue weighted by molar-refractivity contribution is 7.90. The molecule has 0 aliphatic carbocycles. The predicted octanol–water partition coefficient (Wildman–Crippen LogP) is 3.18. The van der Waals surface area contributed by atoms with Crippen molar-refractivity contribution in [3.05, 3.63) is 60.8 Å². The number of hydrogen-bond acceptors (Lipinski definition) is 4. The van der Waals surface area contributed by atoms with Crippen molar-refractivity contribution in [1.82, 2.24) is 14.7 Å². The third-order valence-corrected chi connectivity index (χ3v) is 5.31. The number of benzene rings is 2. The molecule has 3 rings (SSSR count). The molecule has 0 spiro atoms. The molecule has 0 radical (unpaired) electrons. The lowest BCUT2D eigenvalue weighted by molar-refractivity contribution is 0.373. The van der Waals surface area contributed by atoms with Gasteiger partial charge in [-0.05, 0) is 31.8 Å². The van der Waals surface area contributed by atoms with Crippen LogP contribution in [0.1, 0.15) is 0 Å². The van der Waals surface area contributed by atoms with Crippen LogP contribution >= 0.6 is 0 Å². The number of nitrogens with zero attached hydrogens (tertiary/aromatic N) is 3. The minimum Gasteiger partial charge on any atom is -0.308 e. The minimum absolute atomic E-state index is 0.314. The summed E-state index contributed by atoms with van der Waals surface area (Å²) in [5, 5.41) is 4.76. The molecule has 6 heteroatoms. The summed E-state index contributed by atoms with van der Waals surface area (Å²) in [6.07, 6.45) is 3.27. The monoisotopic (exact) mass is 369 g/mol. The molecule has 1 heterocycles. The third kappa shape index (κ3) is 4.20. The Balaban J connectivity index is 2.04. The number of rotatable bonds is 6. The molecular weight excluding hydrogens is 346 g/mol. The number of hydrogen-bond donors (Lipinski definition) is 0. The number of likely N-dealkylation sites (N-methyl/N-ethyl adjacent to an activating group) is 1. The van der Waals surface area contributed by atoms with Crippen LogP contribution in [0.4, 0.5) is 0 Å². The molecule has 2 aromatic carbocycles. The van der Waals surface area contributed by atoms with E-state index in [0.717, 1.165) is 35.5 Å². The van der Waals surface area contributed by atoms with Crippen LogP contribution in [-0.2, 0) is 16.4 Å². The van der Waals surface area contributed by atoms with Crippen LogP contribution in [-0.4, -0.2) is 50.0 Å². The molecule has 0 amide bonds. The quantitative estimate of drug-likeness (QED) is 0.670. The fourth-order valence-corrected chi connectivity index (χ4v) is 3.37. The highest BCUT2D eigenvalue weighted by Gasteiger charge is 2.14. The lowest BCUT2D eigenvalue weighted by atomic mass is 10.0. The van der Waals surface area contributed by atoms with E-state index in [4.69, 9.17) is 5.10 Å². The van der Waals surface area contributed by atoms with Crippen LogP contribution in [0.15, 0.2) is 65.7 Å².